The molecular formula is C16H28N4. The molecule has 0 amide bonds. The molecule has 0 bridgehead atoms. The van der Waals surface area contributed by atoms with Crippen LogP contribution in [0, 0.1) is 0 Å². The van der Waals surface area contributed by atoms with Crippen molar-refractivity contribution in [3.05, 3.63) is 24.0 Å². The summed E-state index contributed by atoms with van der Waals surface area (Å²) in [6.45, 7) is 6.54. The standard InChI is InChI=1S/C16H28N4/c1-4-8-17-11-14-12-18-9-7-16(14)20(3)15-6-5-10-19(2)13-15/h7,9,12,15,17H,4-6,8,10-11,13H2,1-3H3. The average Bonchev–Trinajstić information content (AvgIpc) is 2.47. The van der Waals surface area contributed by atoms with Gasteiger partial charge in [0.05, 0.1) is 0 Å². The number of hydrogen-bond acceptors (Lipinski definition) is 4. The Hall–Kier alpha value is -1.13. The van der Waals surface area contributed by atoms with Gasteiger partial charge in [0.1, 0.15) is 0 Å². The molecule has 0 radical (unpaired) electrons. The molecule has 1 atom stereocenters. The van der Waals surface area contributed by atoms with Crippen molar-refractivity contribution < 1.29 is 0 Å². The molecule has 1 fully saturated rings. The van der Waals surface area contributed by atoms with Crippen LogP contribution in [0.4, 0.5) is 5.69 Å². The minimum Gasteiger partial charge on any atom is -0.370 e. The Morgan fingerprint density at radius 1 is 1.50 bits per heavy atom. The molecule has 1 aromatic rings. The SMILES string of the molecule is CCCNCc1cnccc1N(C)C1CCCN(C)C1. The third-order valence-electron chi connectivity index (χ3n) is 4.15. The molecule has 112 valence electrons. The second-order valence-electron chi connectivity index (χ2n) is 5.85. The van der Waals surface area contributed by atoms with E-state index in [0.717, 1.165) is 19.6 Å². The zero-order chi connectivity index (χ0) is 14.4. The molecule has 0 saturated carbocycles. The van der Waals surface area contributed by atoms with Crippen LogP contribution in [0.25, 0.3) is 0 Å². The van der Waals surface area contributed by atoms with Crippen LogP contribution >= 0.6 is 0 Å². The Morgan fingerprint density at radius 2 is 2.35 bits per heavy atom. The van der Waals surface area contributed by atoms with Gasteiger partial charge < -0.3 is 15.1 Å². The minimum atomic E-state index is 0.612. The summed E-state index contributed by atoms with van der Waals surface area (Å²) in [5.41, 5.74) is 2.63. The first kappa shape index (κ1) is 15.3. The van der Waals surface area contributed by atoms with Crippen molar-refractivity contribution in [2.24, 2.45) is 0 Å². The van der Waals surface area contributed by atoms with Crippen molar-refractivity contribution in [3.8, 4) is 0 Å². The third-order valence-corrected chi connectivity index (χ3v) is 4.15. The van der Waals surface area contributed by atoms with Gasteiger partial charge in [0.25, 0.3) is 0 Å². The first-order valence-electron chi connectivity index (χ1n) is 7.77. The van der Waals surface area contributed by atoms with Gasteiger partial charge in [0, 0.05) is 49.8 Å². The summed E-state index contributed by atoms with van der Waals surface area (Å²) >= 11 is 0. The molecule has 0 aliphatic carbocycles. The Balaban J connectivity index is 2.06. The van der Waals surface area contributed by atoms with Gasteiger partial charge >= 0.3 is 0 Å². The molecule has 0 aromatic carbocycles. The zero-order valence-electron chi connectivity index (χ0n) is 13.1. The quantitative estimate of drug-likeness (QED) is 0.806. The maximum Gasteiger partial charge on any atom is 0.0443 e. The highest BCUT2D eigenvalue weighted by Gasteiger charge is 2.22. The number of likely N-dealkylation sites (tertiary alicyclic amines) is 1. The lowest BCUT2D eigenvalue weighted by Crippen LogP contribution is -2.45. The van der Waals surface area contributed by atoms with Crippen molar-refractivity contribution in [2.75, 3.05) is 38.6 Å². The van der Waals surface area contributed by atoms with Gasteiger partial charge in [-0.2, -0.15) is 0 Å². The van der Waals surface area contributed by atoms with Gasteiger partial charge in [0.15, 0.2) is 0 Å². The number of aromatic nitrogens is 1. The highest BCUT2D eigenvalue weighted by molar-refractivity contribution is 5.52. The molecule has 0 spiro atoms. The van der Waals surface area contributed by atoms with Crippen molar-refractivity contribution >= 4 is 5.69 Å². The number of piperidine rings is 1. The van der Waals surface area contributed by atoms with Gasteiger partial charge in [-0.25, -0.2) is 0 Å². The predicted octanol–water partition coefficient (Wildman–Crippen LogP) is 2.11. The van der Waals surface area contributed by atoms with Crippen LogP contribution in [0.1, 0.15) is 31.7 Å². The van der Waals surface area contributed by atoms with E-state index in [1.54, 1.807) is 0 Å². The van der Waals surface area contributed by atoms with E-state index in [2.05, 4.69) is 47.2 Å². The molecule has 1 unspecified atom stereocenters. The second-order valence-corrected chi connectivity index (χ2v) is 5.85. The van der Waals surface area contributed by atoms with Gasteiger partial charge in [-0.05, 0) is 45.5 Å². The van der Waals surface area contributed by atoms with Gasteiger partial charge in [0.2, 0.25) is 0 Å². The van der Waals surface area contributed by atoms with E-state index < -0.39 is 0 Å². The molecule has 20 heavy (non-hydrogen) atoms. The van der Waals surface area contributed by atoms with Gasteiger partial charge in [-0.15, -0.1) is 0 Å². The van der Waals surface area contributed by atoms with E-state index in [9.17, 15) is 0 Å². The minimum absolute atomic E-state index is 0.612. The van der Waals surface area contributed by atoms with Crippen LogP contribution in [-0.4, -0.2) is 49.7 Å². The molecule has 2 heterocycles. The van der Waals surface area contributed by atoms with E-state index in [-0.39, 0.29) is 0 Å². The molecule has 4 nitrogen and oxygen atoms in total. The maximum absolute atomic E-state index is 4.29. The fraction of sp³-hybridized carbons (Fsp3) is 0.688. The van der Waals surface area contributed by atoms with Crippen molar-refractivity contribution in [1.29, 1.82) is 0 Å². The highest BCUT2D eigenvalue weighted by Crippen LogP contribution is 2.24. The summed E-state index contributed by atoms with van der Waals surface area (Å²) in [4.78, 5) is 9.17. The topological polar surface area (TPSA) is 31.4 Å². The normalized spacial score (nSPS) is 20.1. The molecule has 1 saturated heterocycles. The largest absolute Gasteiger partial charge is 0.370 e. The second kappa shape index (κ2) is 7.60. The molecule has 1 aliphatic heterocycles. The van der Waals surface area contributed by atoms with E-state index in [4.69, 9.17) is 0 Å². The Morgan fingerprint density at radius 3 is 3.10 bits per heavy atom. The number of pyridine rings is 1. The highest BCUT2D eigenvalue weighted by atomic mass is 15.2. The maximum atomic E-state index is 4.29. The summed E-state index contributed by atoms with van der Waals surface area (Å²) < 4.78 is 0. The average molecular weight is 276 g/mol. The smallest absolute Gasteiger partial charge is 0.0443 e. The van der Waals surface area contributed by atoms with E-state index in [1.165, 1.54) is 37.1 Å². The third kappa shape index (κ3) is 3.93. The van der Waals surface area contributed by atoms with E-state index >= 15 is 0 Å². The summed E-state index contributed by atoms with van der Waals surface area (Å²) in [6.07, 6.45) is 7.65. The summed E-state index contributed by atoms with van der Waals surface area (Å²) in [5.74, 6) is 0. The first-order chi connectivity index (χ1) is 9.72. The lowest BCUT2D eigenvalue weighted by molar-refractivity contribution is 0.248. The lowest BCUT2D eigenvalue weighted by Gasteiger charge is -2.37. The van der Waals surface area contributed by atoms with Gasteiger partial charge in [-0.3, -0.25) is 4.98 Å². The number of anilines is 1. The first-order valence-corrected chi connectivity index (χ1v) is 7.77. The summed E-state index contributed by atoms with van der Waals surface area (Å²) in [5, 5.41) is 3.48. The molecule has 1 aliphatic rings. The predicted molar refractivity (Wildman–Crippen MR) is 85.2 cm³/mol. The van der Waals surface area contributed by atoms with Crippen molar-refractivity contribution in [1.82, 2.24) is 15.2 Å². The van der Waals surface area contributed by atoms with E-state index in [1.807, 2.05) is 12.4 Å². The molecule has 4 heteroatoms. The lowest BCUT2D eigenvalue weighted by atomic mass is 10.0. The number of rotatable bonds is 6. The molecule has 1 aromatic heterocycles. The Kier molecular flexibility index (Phi) is 5.80. The van der Waals surface area contributed by atoms with Crippen LogP contribution in [0.15, 0.2) is 18.5 Å². The Labute approximate surface area is 123 Å². The van der Waals surface area contributed by atoms with Gasteiger partial charge in [-0.1, -0.05) is 6.92 Å². The summed E-state index contributed by atoms with van der Waals surface area (Å²) in [7, 11) is 4.44. The van der Waals surface area contributed by atoms with Crippen LogP contribution in [0.3, 0.4) is 0 Å². The number of hydrogen-bond donors (Lipinski definition) is 1. The monoisotopic (exact) mass is 276 g/mol. The molecular weight excluding hydrogens is 248 g/mol. The molecule has 1 N–H and O–H groups in total. The van der Waals surface area contributed by atoms with Crippen molar-refractivity contribution in [2.45, 2.75) is 38.8 Å². The van der Waals surface area contributed by atoms with Crippen LogP contribution in [-0.2, 0) is 6.54 Å². The molecule has 2 rings (SSSR count). The fourth-order valence-electron chi connectivity index (χ4n) is 2.95. The van der Waals surface area contributed by atoms with Crippen molar-refractivity contribution in [3.63, 3.8) is 0 Å². The van der Waals surface area contributed by atoms with E-state index in [0.29, 0.717) is 6.04 Å². The summed E-state index contributed by atoms with van der Waals surface area (Å²) in [6, 6.07) is 2.76. The Bertz CT molecular complexity index is 407. The fourth-order valence-corrected chi connectivity index (χ4v) is 2.95. The van der Waals surface area contributed by atoms with Crippen LogP contribution in [0.5, 0.6) is 0 Å². The number of likely N-dealkylation sites (N-methyl/N-ethyl adjacent to an activating group) is 2. The van der Waals surface area contributed by atoms with Crippen LogP contribution < -0.4 is 10.2 Å². The number of nitrogens with zero attached hydrogens (tertiary/aromatic N) is 3. The van der Waals surface area contributed by atoms with Crippen LogP contribution in [0.2, 0.25) is 0 Å². The number of nitrogens with one attached hydrogen (secondary N) is 1. The zero-order valence-corrected chi connectivity index (χ0v) is 13.1.